The van der Waals surface area contributed by atoms with E-state index in [0.29, 0.717) is 42.9 Å². The van der Waals surface area contributed by atoms with E-state index in [4.69, 9.17) is 21.6 Å². The van der Waals surface area contributed by atoms with Crippen LogP contribution in [0.1, 0.15) is 76.3 Å². The van der Waals surface area contributed by atoms with Crippen molar-refractivity contribution in [3.8, 4) is 21.7 Å². The van der Waals surface area contributed by atoms with Gasteiger partial charge in [0.15, 0.2) is 5.82 Å². The normalized spacial score (nSPS) is 18.8. The van der Waals surface area contributed by atoms with Gasteiger partial charge in [0.2, 0.25) is 11.7 Å². The molecule has 0 radical (unpaired) electrons. The number of aliphatic carboxylic acids is 1. The summed E-state index contributed by atoms with van der Waals surface area (Å²) in [6.07, 6.45) is 4.38. The van der Waals surface area contributed by atoms with Gasteiger partial charge in [-0.05, 0) is 68.8 Å². The number of amides is 1. The van der Waals surface area contributed by atoms with E-state index < -0.39 is 5.97 Å². The lowest BCUT2D eigenvalue weighted by atomic mass is 9.81. The minimum absolute atomic E-state index is 0.0638. The summed E-state index contributed by atoms with van der Waals surface area (Å²) in [5.41, 5.74) is 7.78. The van der Waals surface area contributed by atoms with Crippen molar-refractivity contribution in [1.82, 2.24) is 29.2 Å². The van der Waals surface area contributed by atoms with Crippen molar-refractivity contribution in [3.05, 3.63) is 80.3 Å². The molecule has 3 aliphatic rings. The molecule has 4 heterocycles. The fraction of sp³-hybridized carbons (Fsp3) is 0.475. The average molecular weight is 743 g/mol. The van der Waals surface area contributed by atoms with Crippen molar-refractivity contribution in [2.75, 3.05) is 33.2 Å². The summed E-state index contributed by atoms with van der Waals surface area (Å²) in [5.74, 6) is 0.156. The maximum Gasteiger partial charge on any atom is 0.306 e. The highest BCUT2D eigenvalue weighted by Gasteiger charge is 2.31. The van der Waals surface area contributed by atoms with Gasteiger partial charge in [-0.15, -0.1) is 11.3 Å². The van der Waals surface area contributed by atoms with Crippen molar-refractivity contribution in [2.45, 2.75) is 72.0 Å². The number of benzene rings is 2. The molecule has 1 N–H and O–H groups in total. The number of hydrogen-bond acceptors (Lipinski definition) is 8. The second-order valence-electron chi connectivity index (χ2n) is 14.8. The highest BCUT2D eigenvalue weighted by atomic mass is 35.5. The Labute approximate surface area is 314 Å². The highest BCUT2D eigenvalue weighted by molar-refractivity contribution is 7.15. The fourth-order valence-corrected chi connectivity index (χ4v) is 9.52. The van der Waals surface area contributed by atoms with Gasteiger partial charge < -0.3 is 14.6 Å². The van der Waals surface area contributed by atoms with Gasteiger partial charge in [-0.25, -0.2) is 9.97 Å². The molecule has 0 atom stereocenters. The molecule has 0 unspecified atom stereocenters. The zero-order valence-electron chi connectivity index (χ0n) is 30.5. The number of thiazole rings is 1. The monoisotopic (exact) mass is 742 g/mol. The van der Waals surface area contributed by atoms with Crippen molar-refractivity contribution >= 4 is 40.6 Å². The predicted octanol–water partition coefficient (Wildman–Crippen LogP) is 6.64. The van der Waals surface area contributed by atoms with Crippen LogP contribution in [-0.2, 0) is 49.1 Å². The Hall–Kier alpha value is -3.90. The van der Waals surface area contributed by atoms with Crippen LogP contribution in [-0.4, -0.2) is 85.2 Å². The van der Waals surface area contributed by atoms with Gasteiger partial charge in [0.05, 0.1) is 42.0 Å². The first kappa shape index (κ1) is 36.5. The third-order valence-electron chi connectivity index (χ3n) is 11.3. The number of halogens is 1. The number of carboxylic acid groups (broad SMARTS) is 1. The molecule has 7 rings (SSSR count). The Morgan fingerprint density at radius 2 is 1.71 bits per heavy atom. The molecule has 1 amide bonds. The number of likely N-dealkylation sites (N-methyl/N-ethyl adjacent to an activating group) is 1. The average Bonchev–Trinajstić information content (AvgIpc) is 3.81. The number of carbonyl (C=O) groups is 3. The van der Waals surface area contributed by atoms with Crippen molar-refractivity contribution < 1.29 is 19.5 Å². The standard InChI is InChI=1S/C40H47ClN6O4S/c1-5-44(3)23-36(49)47-21-32-35(22-47)52-39(43-32)29-10-7-9-28(24(29)2)30-11-6-8-27(37(30)41)18-34(48)38-42-31-20-46(17-16-33(31)45(38)4)19-25-12-14-26(15-13-25)40(50)51/h6-11,25-26H,5,12-23H2,1-4H3,(H,50,51). The van der Waals surface area contributed by atoms with E-state index in [2.05, 4.69) is 24.0 Å². The van der Waals surface area contributed by atoms with E-state index >= 15 is 0 Å². The lowest BCUT2D eigenvalue weighted by Gasteiger charge is -2.33. The molecule has 52 heavy (non-hydrogen) atoms. The summed E-state index contributed by atoms with van der Waals surface area (Å²) < 4.78 is 1.96. The van der Waals surface area contributed by atoms with Gasteiger partial charge in [0, 0.05) is 61.2 Å². The van der Waals surface area contributed by atoms with Crippen molar-refractivity contribution in [1.29, 1.82) is 0 Å². The molecule has 0 spiro atoms. The number of carbonyl (C=O) groups excluding carboxylic acids is 2. The number of Topliss-reactive ketones (excluding diaryl/α,β-unsaturated/α-hetero) is 1. The van der Waals surface area contributed by atoms with Crippen LogP contribution in [0, 0.1) is 18.8 Å². The predicted molar refractivity (Wildman–Crippen MR) is 203 cm³/mol. The number of nitrogens with zero attached hydrogens (tertiary/aromatic N) is 6. The quantitative estimate of drug-likeness (QED) is 0.170. The van der Waals surface area contributed by atoms with Crippen LogP contribution in [0.25, 0.3) is 21.7 Å². The highest BCUT2D eigenvalue weighted by Crippen LogP contribution is 2.40. The number of rotatable bonds is 11. The second kappa shape index (κ2) is 15.2. The third kappa shape index (κ3) is 7.33. The summed E-state index contributed by atoms with van der Waals surface area (Å²) in [7, 11) is 3.89. The van der Waals surface area contributed by atoms with Gasteiger partial charge in [-0.2, -0.15) is 0 Å². The first-order chi connectivity index (χ1) is 25.0. The Balaban J connectivity index is 1.03. The lowest BCUT2D eigenvalue weighted by molar-refractivity contribution is -0.143. The molecule has 1 saturated carbocycles. The molecule has 0 saturated heterocycles. The van der Waals surface area contributed by atoms with Crippen LogP contribution in [0.3, 0.4) is 0 Å². The molecule has 1 fully saturated rings. The zero-order valence-corrected chi connectivity index (χ0v) is 32.0. The van der Waals surface area contributed by atoms with Gasteiger partial charge >= 0.3 is 5.97 Å². The number of aromatic nitrogens is 3. The third-order valence-corrected chi connectivity index (χ3v) is 12.9. The molecular formula is C40H47ClN6O4S. The first-order valence-electron chi connectivity index (χ1n) is 18.4. The molecule has 0 bridgehead atoms. The number of imidazole rings is 1. The molecule has 1 aliphatic carbocycles. The first-order valence-corrected chi connectivity index (χ1v) is 19.6. The number of fused-ring (bicyclic) bond motifs is 2. The Kier molecular flexibility index (Phi) is 10.7. The number of carboxylic acids is 1. The maximum atomic E-state index is 13.8. The topological polar surface area (TPSA) is 112 Å². The van der Waals surface area contributed by atoms with E-state index in [1.165, 1.54) is 0 Å². The summed E-state index contributed by atoms with van der Waals surface area (Å²) in [6, 6.07) is 12.1. The zero-order chi connectivity index (χ0) is 36.7. The molecule has 4 aromatic rings. The van der Waals surface area contributed by atoms with Gasteiger partial charge in [-0.3, -0.25) is 24.2 Å². The van der Waals surface area contributed by atoms with Gasteiger partial charge in [-0.1, -0.05) is 54.9 Å². The molecule has 12 heteroatoms. The Morgan fingerprint density at radius 1 is 0.981 bits per heavy atom. The smallest absolute Gasteiger partial charge is 0.306 e. The molecule has 2 aromatic heterocycles. The van der Waals surface area contributed by atoms with Crippen LogP contribution < -0.4 is 0 Å². The fourth-order valence-electron chi connectivity index (χ4n) is 8.05. The molecule has 274 valence electrons. The van der Waals surface area contributed by atoms with E-state index in [1.807, 2.05) is 59.7 Å². The second-order valence-corrected chi connectivity index (χ2v) is 16.2. The summed E-state index contributed by atoms with van der Waals surface area (Å²) >= 11 is 8.75. The van der Waals surface area contributed by atoms with E-state index in [9.17, 15) is 19.5 Å². The minimum atomic E-state index is -0.669. The van der Waals surface area contributed by atoms with Gasteiger partial charge in [0.25, 0.3) is 0 Å². The Morgan fingerprint density at radius 3 is 2.44 bits per heavy atom. The summed E-state index contributed by atoms with van der Waals surface area (Å²) in [6.45, 7) is 9.06. The molecule has 10 nitrogen and oxygen atoms in total. The number of hydrogen-bond donors (Lipinski definition) is 1. The number of ketones is 1. The van der Waals surface area contributed by atoms with E-state index in [0.717, 1.165) is 107 Å². The van der Waals surface area contributed by atoms with Crippen LogP contribution in [0.5, 0.6) is 0 Å². The molecule has 2 aliphatic heterocycles. The van der Waals surface area contributed by atoms with Crippen LogP contribution in [0.2, 0.25) is 5.02 Å². The summed E-state index contributed by atoms with van der Waals surface area (Å²) in [5, 5.41) is 10.9. The lowest BCUT2D eigenvalue weighted by Crippen LogP contribution is -2.36. The largest absolute Gasteiger partial charge is 0.481 e. The Bertz CT molecular complexity index is 1990. The molecule has 2 aromatic carbocycles. The van der Waals surface area contributed by atoms with E-state index in [-0.39, 0.29) is 24.0 Å². The van der Waals surface area contributed by atoms with Gasteiger partial charge in [0.1, 0.15) is 5.01 Å². The summed E-state index contributed by atoms with van der Waals surface area (Å²) in [4.78, 5) is 55.2. The minimum Gasteiger partial charge on any atom is -0.481 e. The molecular weight excluding hydrogens is 696 g/mol. The van der Waals surface area contributed by atoms with Crippen LogP contribution >= 0.6 is 22.9 Å². The van der Waals surface area contributed by atoms with Crippen molar-refractivity contribution in [3.63, 3.8) is 0 Å². The van der Waals surface area contributed by atoms with Crippen molar-refractivity contribution in [2.24, 2.45) is 18.9 Å². The van der Waals surface area contributed by atoms with Crippen LogP contribution in [0.15, 0.2) is 36.4 Å². The van der Waals surface area contributed by atoms with E-state index in [1.54, 1.807) is 11.3 Å². The maximum absolute atomic E-state index is 13.8. The SMILES string of the molecule is CCN(C)CC(=O)N1Cc2nc(-c3cccc(-c4cccc(CC(=O)c5nc6c(n5C)CCN(CC5CCC(C(=O)O)CC5)C6)c4Cl)c3C)sc2C1. The van der Waals surface area contributed by atoms with Crippen LogP contribution in [0.4, 0.5) is 0 Å².